The fourth-order valence-electron chi connectivity index (χ4n) is 2.83. The van der Waals surface area contributed by atoms with Gasteiger partial charge in [-0.15, -0.1) is 0 Å². The average molecular weight is 407 g/mol. The van der Waals surface area contributed by atoms with Gasteiger partial charge >= 0.3 is 59.2 Å². The molecule has 25 heavy (non-hydrogen) atoms. The first-order chi connectivity index (χ1) is 11.5. The van der Waals surface area contributed by atoms with Crippen LogP contribution in [0, 0.1) is 0 Å². The standard InChI is InChI=1S/C18H39O5P.K.H/c1-3-5-6-7-8-9-10-11-12-13-14-15-16-17-18(22-4-2)23-24(19,20)21;;/h18H,3-17H2,1-2H3,(H2,19,20,21);;. The summed E-state index contributed by atoms with van der Waals surface area (Å²) < 4.78 is 20.7. The molecule has 5 nitrogen and oxygen atoms in total. The molecular weight excluding hydrogens is 366 g/mol. The van der Waals surface area contributed by atoms with E-state index in [1.165, 1.54) is 70.6 Å². The maximum atomic E-state index is 10.8. The Morgan fingerprint density at radius 2 is 1.16 bits per heavy atom. The van der Waals surface area contributed by atoms with Crippen LogP contribution < -0.4 is 0 Å². The van der Waals surface area contributed by atoms with Gasteiger partial charge in [-0.3, -0.25) is 4.52 Å². The monoisotopic (exact) mass is 406 g/mol. The molecule has 0 aliphatic carbocycles. The molecule has 2 N–H and O–H groups in total. The minimum absolute atomic E-state index is 0. The van der Waals surface area contributed by atoms with Crippen LogP contribution in [0.25, 0.3) is 0 Å². The molecule has 0 aliphatic heterocycles. The summed E-state index contributed by atoms with van der Waals surface area (Å²) in [5.74, 6) is 0. The van der Waals surface area contributed by atoms with E-state index in [2.05, 4.69) is 11.4 Å². The minimum atomic E-state index is -4.46. The predicted molar refractivity (Wildman–Crippen MR) is 106 cm³/mol. The quantitative estimate of drug-likeness (QED) is 0.140. The van der Waals surface area contributed by atoms with Gasteiger partial charge in [0.25, 0.3) is 0 Å². The van der Waals surface area contributed by atoms with Gasteiger partial charge in [-0.05, 0) is 19.8 Å². The first-order valence-corrected chi connectivity index (χ1v) is 11.4. The second-order valence-corrected chi connectivity index (χ2v) is 7.70. The second kappa shape index (κ2) is 20.4. The second-order valence-electron chi connectivity index (χ2n) is 6.51. The van der Waals surface area contributed by atoms with E-state index in [1.807, 2.05) is 0 Å². The van der Waals surface area contributed by atoms with Gasteiger partial charge in [0.1, 0.15) is 0 Å². The Morgan fingerprint density at radius 1 is 0.760 bits per heavy atom. The van der Waals surface area contributed by atoms with Crippen LogP contribution in [-0.2, 0) is 13.8 Å². The Morgan fingerprint density at radius 3 is 1.52 bits per heavy atom. The molecule has 148 valence electrons. The molecule has 0 amide bonds. The summed E-state index contributed by atoms with van der Waals surface area (Å²) in [6, 6.07) is 0. The van der Waals surface area contributed by atoms with Crippen LogP contribution in [0.1, 0.15) is 104 Å². The first kappa shape index (κ1) is 28.9. The third-order valence-corrected chi connectivity index (χ3v) is 4.66. The van der Waals surface area contributed by atoms with Crippen molar-refractivity contribution in [1.82, 2.24) is 0 Å². The molecule has 0 aromatic heterocycles. The van der Waals surface area contributed by atoms with Crippen molar-refractivity contribution in [3.05, 3.63) is 0 Å². The molecule has 0 aromatic carbocycles. The molecule has 0 spiro atoms. The number of hydrogen-bond acceptors (Lipinski definition) is 3. The Labute approximate surface area is 197 Å². The van der Waals surface area contributed by atoms with E-state index >= 15 is 0 Å². The summed E-state index contributed by atoms with van der Waals surface area (Å²) in [5.41, 5.74) is 0. The van der Waals surface area contributed by atoms with Crippen LogP contribution in [0.4, 0.5) is 0 Å². The Bertz CT molecular complexity index is 312. The third kappa shape index (κ3) is 23.7. The van der Waals surface area contributed by atoms with Crippen molar-refractivity contribution in [3.63, 3.8) is 0 Å². The van der Waals surface area contributed by atoms with Crippen molar-refractivity contribution in [2.45, 2.75) is 110 Å². The van der Waals surface area contributed by atoms with E-state index in [9.17, 15) is 4.57 Å². The van der Waals surface area contributed by atoms with Crippen molar-refractivity contribution >= 4 is 59.2 Å². The zero-order valence-electron chi connectivity index (χ0n) is 15.8. The summed E-state index contributed by atoms with van der Waals surface area (Å²) >= 11 is 0. The van der Waals surface area contributed by atoms with Crippen molar-refractivity contribution in [3.8, 4) is 0 Å². The summed E-state index contributed by atoms with van der Waals surface area (Å²) in [5, 5.41) is 0. The molecule has 7 heteroatoms. The first-order valence-electron chi connectivity index (χ1n) is 9.85. The predicted octanol–water partition coefficient (Wildman–Crippen LogP) is 5.29. The molecule has 0 aliphatic rings. The zero-order chi connectivity index (χ0) is 18.1. The number of phosphoric acid groups is 1. The van der Waals surface area contributed by atoms with Crippen LogP contribution in [0.3, 0.4) is 0 Å². The van der Waals surface area contributed by atoms with E-state index in [1.54, 1.807) is 6.92 Å². The van der Waals surface area contributed by atoms with Gasteiger partial charge < -0.3 is 14.5 Å². The molecule has 0 aromatic rings. The van der Waals surface area contributed by atoms with Gasteiger partial charge in [-0.2, -0.15) is 0 Å². The molecule has 0 heterocycles. The van der Waals surface area contributed by atoms with E-state index in [0.717, 1.165) is 12.8 Å². The molecule has 0 saturated carbocycles. The van der Waals surface area contributed by atoms with Gasteiger partial charge in [0.15, 0.2) is 6.29 Å². The number of unbranched alkanes of at least 4 members (excludes halogenated alkanes) is 12. The van der Waals surface area contributed by atoms with Crippen LogP contribution in [-0.4, -0.2) is 74.1 Å². The summed E-state index contributed by atoms with van der Waals surface area (Å²) in [6.45, 7) is 4.44. The fourth-order valence-corrected chi connectivity index (χ4v) is 3.31. The Hall–Kier alpha value is 1.71. The van der Waals surface area contributed by atoms with Crippen LogP contribution >= 0.6 is 7.82 Å². The average Bonchev–Trinajstić information content (AvgIpc) is 2.50. The van der Waals surface area contributed by atoms with Crippen molar-refractivity contribution in [2.24, 2.45) is 0 Å². The topological polar surface area (TPSA) is 76.0 Å². The van der Waals surface area contributed by atoms with Crippen LogP contribution in [0.5, 0.6) is 0 Å². The molecular formula is C18H40KO5P. The van der Waals surface area contributed by atoms with Crippen LogP contribution in [0.2, 0.25) is 0 Å². The third-order valence-electron chi connectivity index (χ3n) is 4.15. The van der Waals surface area contributed by atoms with E-state index in [4.69, 9.17) is 14.5 Å². The molecule has 0 bridgehead atoms. The van der Waals surface area contributed by atoms with Gasteiger partial charge in [-0.25, -0.2) is 4.57 Å². The maximum absolute atomic E-state index is 10.8. The zero-order valence-corrected chi connectivity index (χ0v) is 16.6. The summed E-state index contributed by atoms with van der Waals surface area (Å²) in [6.07, 6.45) is 16.3. The number of ether oxygens (including phenoxy) is 1. The van der Waals surface area contributed by atoms with Gasteiger partial charge in [-0.1, -0.05) is 84.0 Å². The fraction of sp³-hybridized carbons (Fsp3) is 1.00. The molecule has 0 saturated heterocycles. The molecule has 1 unspecified atom stereocenters. The van der Waals surface area contributed by atoms with Gasteiger partial charge in [0.05, 0.1) is 0 Å². The van der Waals surface area contributed by atoms with Gasteiger partial charge in [0, 0.05) is 6.61 Å². The van der Waals surface area contributed by atoms with Gasteiger partial charge in [0.2, 0.25) is 0 Å². The molecule has 0 rings (SSSR count). The van der Waals surface area contributed by atoms with Crippen molar-refractivity contribution in [2.75, 3.05) is 6.61 Å². The van der Waals surface area contributed by atoms with Crippen molar-refractivity contribution in [1.29, 1.82) is 0 Å². The van der Waals surface area contributed by atoms with Crippen molar-refractivity contribution < 1.29 is 23.6 Å². The SMILES string of the molecule is CCCCCCCCCCCCCCCC(OCC)OP(=O)(O)O.[KH]. The van der Waals surface area contributed by atoms with E-state index < -0.39 is 14.1 Å². The molecule has 1 atom stereocenters. The Kier molecular flexibility index (Phi) is 23.6. The molecule has 0 fully saturated rings. The summed E-state index contributed by atoms with van der Waals surface area (Å²) in [4.78, 5) is 17.7. The number of phosphoric ester groups is 1. The summed E-state index contributed by atoms with van der Waals surface area (Å²) in [7, 11) is -4.46. The van der Waals surface area contributed by atoms with Crippen LogP contribution in [0.15, 0.2) is 0 Å². The molecule has 0 radical (unpaired) electrons. The van der Waals surface area contributed by atoms with E-state index in [-0.39, 0.29) is 51.4 Å². The number of hydrogen-bond donors (Lipinski definition) is 2. The number of rotatable bonds is 18. The van der Waals surface area contributed by atoms with E-state index in [0.29, 0.717) is 13.0 Å². The Balaban J connectivity index is 0. The normalized spacial score (nSPS) is 12.8.